The summed E-state index contributed by atoms with van der Waals surface area (Å²) in [5, 5.41) is 2.70. The third-order valence-electron chi connectivity index (χ3n) is 3.87. The number of carbonyl (C=O) groups excluding carboxylic acids is 1. The van der Waals surface area contributed by atoms with Crippen molar-refractivity contribution in [1.29, 1.82) is 0 Å². The average molecular weight is 341 g/mol. The minimum Gasteiger partial charge on any atom is -0.378 e. The molecule has 1 saturated heterocycles. The highest BCUT2D eigenvalue weighted by molar-refractivity contribution is 5.89. The maximum atomic E-state index is 14.4. The van der Waals surface area contributed by atoms with E-state index in [4.69, 9.17) is 4.74 Å². The Kier molecular flexibility index (Phi) is 5.40. The number of nitrogens with one attached hydrogen (secondary N) is 1. The van der Waals surface area contributed by atoms with Crippen molar-refractivity contribution in [3.63, 3.8) is 0 Å². The van der Waals surface area contributed by atoms with Crippen LogP contribution in [-0.2, 0) is 9.53 Å². The van der Waals surface area contributed by atoms with Crippen LogP contribution >= 0.6 is 0 Å². The topological polar surface area (TPSA) is 53.9 Å². The maximum absolute atomic E-state index is 14.4. The molecule has 25 heavy (non-hydrogen) atoms. The van der Waals surface area contributed by atoms with E-state index in [1.807, 2.05) is 11.0 Å². The smallest absolute Gasteiger partial charge is 0.221 e. The summed E-state index contributed by atoms with van der Waals surface area (Å²) in [6.45, 7) is 4.10. The summed E-state index contributed by atoms with van der Waals surface area (Å²) < 4.78 is 19.6. The van der Waals surface area contributed by atoms with Crippen LogP contribution in [0.25, 0.3) is 0 Å². The number of amides is 1. The molecule has 0 aliphatic carbocycles. The van der Waals surface area contributed by atoms with Crippen LogP contribution in [0.5, 0.6) is 0 Å². The van der Waals surface area contributed by atoms with Crippen molar-refractivity contribution in [1.82, 2.24) is 0 Å². The van der Waals surface area contributed by atoms with E-state index < -0.39 is 0 Å². The fourth-order valence-corrected chi connectivity index (χ4v) is 2.65. The van der Waals surface area contributed by atoms with E-state index in [1.165, 1.54) is 13.0 Å². The van der Waals surface area contributed by atoms with Crippen LogP contribution in [0.3, 0.4) is 0 Å². The van der Waals surface area contributed by atoms with Gasteiger partial charge in [-0.1, -0.05) is 6.07 Å². The van der Waals surface area contributed by atoms with Crippen molar-refractivity contribution >= 4 is 29.2 Å². The number of carbonyl (C=O) groups is 1. The summed E-state index contributed by atoms with van der Waals surface area (Å²) >= 11 is 0. The van der Waals surface area contributed by atoms with Gasteiger partial charge in [-0.2, -0.15) is 0 Å². The summed E-state index contributed by atoms with van der Waals surface area (Å²) in [5.74, 6) is -0.376. The molecule has 1 fully saturated rings. The molecule has 0 radical (unpaired) electrons. The minimum absolute atomic E-state index is 0.118. The molecule has 6 heteroatoms. The summed E-state index contributed by atoms with van der Waals surface area (Å²) in [5.41, 5.74) is 2.74. The van der Waals surface area contributed by atoms with E-state index in [0.717, 1.165) is 5.69 Å². The molecular weight excluding hydrogens is 321 g/mol. The quantitative estimate of drug-likeness (QED) is 0.868. The Bertz CT molecular complexity index is 769. The van der Waals surface area contributed by atoms with Gasteiger partial charge in [0.05, 0.1) is 24.6 Å². The van der Waals surface area contributed by atoms with E-state index in [0.29, 0.717) is 43.2 Å². The Morgan fingerprint density at radius 3 is 2.56 bits per heavy atom. The number of hydrogen-bond acceptors (Lipinski definition) is 4. The maximum Gasteiger partial charge on any atom is 0.221 e. The van der Waals surface area contributed by atoms with Gasteiger partial charge < -0.3 is 15.0 Å². The second-order valence-electron chi connectivity index (χ2n) is 5.80. The number of morpholine rings is 1. The number of rotatable bonds is 4. The first-order valence-corrected chi connectivity index (χ1v) is 8.16. The van der Waals surface area contributed by atoms with E-state index in [2.05, 4.69) is 10.3 Å². The Morgan fingerprint density at radius 1 is 1.20 bits per heavy atom. The zero-order chi connectivity index (χ0) is 17.6. The number of anilines is 2. The third kappa shape index (κ3) is 4.64. The van der Waals surface area contributed by atoms with Crippen LogP contribution in [0.2, 0.25) is 0 Å². The van der Waals surface area contributed by atoms with Gasteiger partial charge in [-0.15, -0.1) is 0 Å². The second kappa shape index (κ2) is 7.90. The monoisotopic (exact) mass is 341 g/mol. The molecule has 1 aliphatic rings. The molecule has 0 atom stereocenters. The molecule has 0 saturated carbocycles. The zero-order valence-electron chi connectivity index (χ0n) is 14.0. The molecule has 0 spiro atoms. The summed E-state index contributed by atoms with van der Waals surface area (Å²) in [4.78, 5) is 17.3. The lowest BCUT2D eigenvalue weighted by molar-refractivity contribution is -0.114. The lowest BCUT2D eigenvalue weighted by Crippen LogP contribution is -2.36. The normalized spacial score (nSPS) is 14.7. The Balaban J connectivity index is 1.68. The third-order valence-corrected chi connectivity index (χ3v) is 3.87. The molecule has 0 aromatic heterocycles. The highest BCUT2D eigenvalue weighted by Gasteiger charge is 2.14. The molecule has 1 N–H and O–H groups in total. The summed E-state index contributed by atoms with van der Waals surface area (Å²) in [6, 6.07) is 12.2. The molecule has 2 aromatic rings. The van der Waals surface area contributed by atoms with Crippen molar-refractivity contribution in [2.45, 2.75) is 6.92 Å². The van der Waals surface area contributed by atoms with Crippen LogP contribution < -0.4 is 10.2 Å². The SMILES string of the molecule is CC(=O)Nc1ccc(N=Cc2ccc(N3CCOCC3)c(F)c2)cc1. The lowest BCUT2D eigenvalue weighted by Gasteiger charge is -2.29. The fourth-order valence-electron chi connectivity index (χ4n) is 2.65. The van der Waals surface area contributed by atoms with Gasteiger partial charge in [-0.25, -0.2) is 4.39 Å². The van der Waals surface area contributed by atoms with Crippen molar-refractivity contribution in [2.75, 3.05) is 36.5 Å². The largest absolute Gasteiger partial charge is 0.378 e. The molecule has 1 heterocycles. The Labute approximate surface area is 146 Å². The predicted molar refractivity (Wildman–Crippen MR) is 97.4 cm³/mol. The number of ether oxygens (including phenoxy) is 1. The zero-order valence-corrected chi connectivity index (χ0v) is 14.0. The number of hydrogen-bond donors (Lipinski definition) is 1. The Morgan fingerprint density at radius 2 is 1.92 bits per heavy atom. The summed E-state index contributed by atoms with van der Waals surface area (Å²) in [7, 11) is 0. The number of aliphatic imine (C=N–C) groups is 1. The van der Waals surface area contributed by atoms with Crippen LogP contribution in [0.15, 0.2) is 47.5 Å². The van der Waals surface area contributed by atoms with E-state index in [9.17, 15) is 9.18 Å². The van der Waals surface area contributed by atoms with Crippen LogP contribution in [0.1, 0.15) is 12.5 Å². The van der Waals surface area contributed by atoms with Gasteiger partial charge in [-0.3, -0.25) is 9.79 Å². The molecule has 0 bridgehead atoms. The highest BCUT2D eigenvalue weighted by Crippen LogP contribution is 2.22. The van der Waals surface area contributed by atoms with E-state index in [-0.39, 0.29) is 11.7 Å². The van der Waals surface area contributed by atoms with Gasteiger partial charge in [0.15, 0.2) is 0 Å². The number of benzene rings is 2. The molecule has 130 valence electrons. The first kappa shape index (κ1) is 17.1. The second-order valence-corrected chi connectivity index (χ2v) is 5.80. The number of halogens is 1. The first-order valence-electron chi connectivity index (χ1n) is 8.16. The standard InChI is InChI=1S/C19H20FN3O2/c1-14(24)22-17-5-3-16(4-6-17)21-13-15-2-7-19(18(20)12-15)23-8-10-25-11-9-23/h2-7,12-13H,8-11H2,1H3,(H,22,24). The molecule has 1 amide bonds. The molecule has 3 rings (SSSR count). The first-order chi connectivity index (χ1) is 12.1. The van der Waals surface area contributed by atoms with Crippen LogP contribution in [-0.4, -0.2) is 38.4 Å². The Hall–Kier alpha value is -2.73. The minimum atomic E-state index is -0.258. The molecule has 1 aliphatic heterocycles. The van der Waals surface area contributed by atoms with E-state index >= 15 is 0 Å². The van der Waals surface area contributed by atoms with Gasteiger partial charge in [-0.05, 0) is 42.0 Å². The van der Waals surface area contributed by atoms with Crippen molar-refractivity contribution < 1.29 is 13.9 Å². The predicted octanol–water partition coefficient (Wildman–Crippen LogP) is 3.37. The van der Waals surface area contributed by atoms with Gasteiger partial charge >= 0.3 is 0 Å². The number of nitrogens with zero attached hydrogens (tertiary/aromatic N) is 2. The van der Waals surface area contributed by atoms with Crippen molar-refractivity contribution in [2.24, 2.45) is 4.99 Å². The van der Waals surface area contributed by atoms with E-state index in [1.54, 1.807) is 36.5 Å². The average Bonchev–Trinajstić information content (AvgIpc) is 2.61. The van der Waals surface area contributed by atoms with Crippen LogP contribution in [0, 0.1) is 5.82 Å². The van der Waals surface area contributed by atoms with Crippen molar-refractivity contribution in [3.05, 3.63) is 53.8 Å². The summed E-state index contributed by atoms with van der Waals surface area (Å²) in [6.07, 6.45) is 1.62. The molecular formula is C19H20FN3O2. The molecule has 2 aromatic carbocycles. The van der Waals surface area contributed by atoms with Crippen LogP contribution in [0.4, 0.5) is 21.5 Å². The molecule has 0 unspecified atom stereocenters. The molecule has 5 nitrogen and oxygen atoms in total. The van der Waals surface area contributed by atoms with Gasteiger partial charge in [0, 0.05) is 31.9 Å². The van der Waals surface area contributed by atoms with Gasteiger partial charge in [0.25, 0.3) is 0 Å². The van der Waals surface area contributed by atoms with Gasteiger partial charge in [0.2, 0.25) is 5.91 Å². The van der Waals surface area contributed by atoms with Crippen molar-refractivity contribution in [3.8, 4) is 0 Å². The highest BCUT2D eigenvalue weighted by atomic mass is 19.1. The fraction of sp³-hybridized carbons (Fsp3) is 0.263. The lowest BCUT2D eigenvalue weighted by atomic mass is 10.2. The van der Waals surface area contributed by atoms with Gasteiger partial charge in [0.1, 0.15) is 5.82 Å².